The number of anilines is 2. The van der Waals surface area contributed by atoms with Crippen molar-refractivity contribution in [1.29, 1.82) is 5.26 Å². The van der Waals surface area contributed by atoms with E-state index in [1.807, 2.05) is 17.7 Å². The number of hydrogen-bond donors (Lipinski definition) is 1. The number of aryl methyl sites for hydroxylation is 1. The molecule has 1 N–H and O–H groups in total. The Labute approximate surface area is 265 Å². The van der Waals surface area contributed by atoms with Gasteiger partial charge in [0.1, 0.15) is 23.8 Å². The lowest BCUT2D eigenvalue weighted by Crippen LogP contribution is -2.49. The van der Waals surface area contributed by atoms with Gasteiger partial charge < -0.3 is 14.6 Å². The van der Waals surface area contributed by atoms with Crippen LogP contribution in [0.1, 0.15) is 71.0 Å². The zero-order chi connectivity index (χ0) is 32.2. The van der Waals surface area contributed by atoms with Crippen molar-refractivity contribution >= 4 is 17.5 Å². The third kappa shape index (κ3) is 5.73. The molecule has 1 unspecified atom stereocenters. The van der Waals surface area contributed by atoms with Crippen LogP contribution in [-0.2, 0) is 42.9 Å². The first-order valence-electron chi connectivity index (χ1n) is 15.9. The van der Waals surface area contributed by atoms with Crippen LogP contribution in [0.15, 0.2) is 30.6 Å². The number of hydrogen-bond acceptors (Lipinski definition) is 8. The molecule has 242 valence electrons. The maximum Gasteiger partial charge on any atom is 0.416 e. The van der Waals surface area contributed by atoms with Gasteiger partial charge in [-0.2, -0.15) is 18.4 Å². The number of carbonyl (C=O) groups excluding carboxylic acids is 1. The molecule has 3 aromatic rings. The van der Waals surface area contributed by atoms with E-state index in [0.29, 0.717) is 56.3 Å². The van der Waals surface area contributed by atoms with E-state index >= 15 is 0 Å². The number of nitrogens with zero attached hydrogens (tertiary/aromatic N) is 7. The van der Waals surface area contributed by atoms with Gasteiger partial charge >= 0.3 is 6.18 Å². The topological polar surface area (TPSA) is 112 Å². The van der Waals surface area contributed by atoms with Gasteiger partial charge in [0, 0.05) is 43.6 Å². The van der Waals surface area contributed by atoms with Crippen molar-refractivity contribution in [3.63, 3.8) is 0 Å². The van der Waals surface area contributed by atoms with Gasteiger partial charge in [-0.05, 0) is 79.1 Å². The summed E-state index contributed by atoms with van der Waals surface area (Å²) in [6.07, 6.45) is 1.00. The SMILES string of the molecule is CC1CCCN(Cc2cc3c(c(C(F)(F)F)c2)CN(c2cc(C4(Cc5nncn5C)COC4)cc(NC4CC(C#N)C4)n2)C3=O)C1. The smallest absolute Gasteiger partial charge is 0.379 e. The number of alkyl halides is 3. The highest BCUT2D eigenvalue weighted by molar-refractivity contribution is 6.10. The Kier molecular flexibility index (Phi) is 7.76. The van der Waals surface area contributed by atoms with E-state index in [2.05, 4.69) is 33.4 Å². The zero-order valence-electron chi connectivity index (χ0n) is 26.0. The Morgan fingerprint density at radius 1 is 1.20 bits per heavy atom. The number of pyridine rings is 1. The molecule has 1 amide bonds. The first-order valence-corrected chi connectivity index (χ1v) is 15.9. The number of nitriles is 1. The molecule has 3 aliphatic heterocycles. The van der Waals surface area contributed by atoms with Gasteiger partial charge in [0.2, 0.25) is 0 Å². The summed E-state index contributed by atoms with van der Waals surface area (Å²) in [5.41, 5.74) is 0.157. The van der Waals surface area contributed by atoms with E-state index in [1.54, 1.807) is 18.5 Å². The van der Waals surface area contributed by atoms with Gasteiger partial charge in [0.15, 0.2) is 0 Å². The number of likely N-dealkylation sites (tertiary alicyclic amines) is 1. The van der Waals surface area contributed by atoms with Gasteiger partial charge in [-0.1, -0.05) is 6.92 Å². The van der Waals surface area contributed by atoms with Crippen molar-refractivity contribution < 1.29 is 22.7 Å². The summed E-state index contributed by atoms with van der Waals surface area (Å²) < 4.78 is 51.0. The molecule has 1 aromatic carbocycles. The Morgan fingerprint density at radius 2 is 2.00 bits per heavy atom. The van der Waals surface area contributed by atoms with Crippen molar-refractivity contribution in [3.8, 4) is 6.07 Å². The predicted octanol–water partition coefficient (Wildman–Crippen LogP) is 4.85. The van der Waals surface area contributed by atoms with E-state index in [9.17, 15) is 23.2 Å². The van der Waals surface area contributed by atoms with Gasteiger partial charge in [-0.3, -0.25) is 14.6 Å². The van der Waals surface area contributed by atoms with E-state index in [-0.39, 0.29) is 35.4 Å². The summed E-state index contributed by atoms with van der Waals surface area (Å²) in [7, 11) is 1.87. The van der Waals surface area contributed by atoms with Gasteiger partial charge in [0.25, 0.3) is 5.91 Å². The van der Waals surface area contributed by atoms with Crippen molar-refractivity contribution in [2.24, 2.45) is 18.9 Å². The number of aromatic nitrogens is 4. The molecule has 2 saturated heterocycles. The summed E-state index contributed by atoms with van der Waals surface area (Å²) in [6, 6.07) is 8.91. The van der Waals surface area contributed by atoms with E-state index in [4.69, 9.17) is 9.72 Å². The molecule has 0 radical (unpaired) electrons. The number of carbonyl (C=O) groups is 1. The molecule has 4 aliphatic rings. The molecule has 46 heavy (non-hydrogen) atoms. The number of piperidine rings is 1. The van der Waals surface area contributed by atoms with Gasteiger partial charge in [-0.25, -0.2) is 4.98 Å². The molecular weight excluding hydrogens is 597 g/mol. The third-order valence-corrected chi connectivity index (χ3v) is 9.99. The second-order valence-electron chi connectivity index (χ2n) is 13.6. The molecule has 0 bridgehead atoms. The summed E-state index contributed by atoms with van der Waals surface area (Å²) >= 11 is 0. The highest BCUT2D eigenvalue weighted by Gasteiger charge is 2.45. The van der Waals surface area contributed by atoms with E-state index in [0.717, 1.165) is 37.3 Å². The summed E-state index contributed by atoms with van der Waals surface area (Å²) in [5, 5.41) is 20.9. The summed E-state index contributed by atoms with van der Waals surface area (Å²) in [4.78, 5) is 22.3. The number of nitrogens with one attached hydrogen (secondary N) is 1. The van der Waals surface area contributed by atoms with Gasteiger partial charge in [-0.15, -0.1) is 10.2 Å². The first-order chi connectivity index (χ1) is 22.0. The monoisotopic (exact) mass is 634 g/mol. The molecular formula is C33H37F3N8O2. The number of amides is 1. The molecule has 10 nitrogen and oxygen atoms in total. The van der Waals surface area contributed by atoms with Crippen LogP contribution in [0.4, 0.5) is 24.8 Å². The Bertz CT molecular complexity index is 1690. The van der Waals surface area contributed by atoms with Crippen LogP contribution in [-0.4, -0.2) is 62.9 Å². The van der Waals surface area contributed by atoms with Crippen molar-refractivity contribution in [2.75, 3.05) is 36.5 Å². The van der Waals surface area contributed by atoms with Crippen LogP contribution in [0.5, 0.6) is 0 Å². The lowest BCUT2D eigenvalue weighted by molar-refractivity contribution is -0.138. The molecule has 2 aromatic heterocycles. The Balaban J connectivity index is 1.24. The fourth-order valence-corrected chi connectivity index (χ4v) is 7.26. The van der Waals surface area contributed by atoms with Crippen LogP contribution in [0.3, 0.4) is 0 Å². The molecule has 5 heterocycles. The Morgan fingerprint density at radius 3 is 2.65 bits per heavy atom. The van der Waals surface area contributed by atoms with E-state index in [1.165, 1.54) is 11.0 Å². The third-order valence-electron chi connectivity index (χ3n) is 9.99. The van der Waals surface area contributed by atoms with Crippen molar-refractivity contribution in [1.82, 2.24) is 24.6 Å². The van der Waals surface area contributed by atoms with Crippen LogP contribution >= 0.6 is 0 Å². The van der Waals surface area contributed by atoms with Crippen molar-refractivity contribution in [3.05, 3.63) is 64.2 Å². The quantitative estimate of drug-likeness (QED) is 0.375. The number of rotatable bonds is 8. The van der Waals surface area contributed by atoms with Crippen molar-refractivity contribution in [2.45, 2.75) is 69.8 Å². The van der Waals surface area contributed by atoms with Crippen LogP contribution < -0.4 is 10.2 Å². The lowest BCUT2D eigenvalue weighted by Gasteiger charge is -2.42. The molecule has 13 heteroatoms. The zero-order valence-corrected chi connectivity index (χ0v) is 26.0. The first kappa shape index (κ1) is 30.6. The second-order valence-corrected chi connectivity index (χ2v) is 13.6. The molecule has 7 rings (SSSR count). The maximum atomic E-state index is 14.5. The average molecular weight is 635 g/mol. The fraction of sp³-hybridized carbons (Fsp3) is 0.545. The number of ether oxygens (including phenoxy) is 1. The molecule has 3 fully saturated rings. The number of halogens is 3. The lowest BCUT2D eigenvalue weighted by atomic mass is 9.75. The molecule has 1 atom stereocenters. The fourth-order valence-electron chi connectivity index (χ4n) is 7.26. The largest absolute Gasteiger partial charge is 0.416 e. The Hall–Kier alpha value is -4.02. The van der Waals surface area contributed by atoms with Gasteiger partial charge in [0.05, 0.1) is 37.3 Å². The minimum atomic E-state index is -4.61. The van der Waals surface area contributed by atoms with Crippen LogP contribution in [0.25, 0.3) is 0 Å². The second kappa shape index (κ2) is 11.7. The highest BCUT2D eigenvalue weighted by atomic mass is 19.4. The standard InChI is InChI=1S/C33H37F3N8O2/c1-20-4-3-5-43(14-20)15-22-8-25-26(27(9-22)33(34,35)36)16-44(31(25)45)29-11-23(10-28(40-29)39-24-6-21(7-24)13-37)32(17-46-18-32)12-30-41-38-19-42(30)2/h8-11,19-21,24H,3-7,12,14-18H2,1-2H3,(H,39,40). The normalized spacial score (nSPS) is 24.2. The average Bonchev–Trinajstić information content (AvgIpc) is 3.53. The minimum absolute atomic E-state index is 0.0217. The predicted molar refractivity (Wildman–Crippen MR) is 163 cm³/mol. The summed E-state index contributed by atoms with van der Waals surface area (Å²) in [6.45, 7) is 4.76. The highest BCUT2D eigenvalue weighted by Crippen LogP contribution is 2.42. The van der Waals surface area contributed by atoms with Crippen LogP contribution in [0, 0.1) is 23.2 Å². The van der Waals surface area contributed by atoms with Crippen LogP contribution in [0.2, 0.25) is 0 Å². The van der Waals surface area contributed by atoms with E-state index < -0.39 is 23.1 Å². The number of fused-ring (bicyclic) bond motifs is 1. The molecule has 1 aliphatic carbocycles. The minimum Gasteiger partial charge on any atom is -0.379 e. The maximum absolute atomic E-state index is 14.5. The summed E-state index contributed by atoms with van der Waals surface area (Å²) in [5.74, 6) is 1.51. The molecule has 1 saturated carbocycles. The number of benzene rings is 1. The molecule has 0 spiro atoms.